The van der Waals surface area contributed by atoms with Gasteiger partial charge in [-0.15, -0.1) is 0 Å². The Morgan fingerprint density at radius 2 is 1.82 bits per heavy atom. The molecule has 3 aliphatic rings. The Kier molecular flexibility index (Phi) is 7.52. The van der Waals surface area contributed by atoms with Crippen LogP contribution in [0.2, 0.25) is 0 Å². The lowest BCUT2D eigenvalue weighted by molar-refractivity contribution is -0.107. The van der Waals surface area contributed by atoms with E-state index in [4.69, 9.17) is 4.74 Å². The van der Waals surface area contributed by atoms with E-state index in [9.17, 15) is 21.6 Å². The maximum atomic E-state index is 13.3. The number of methoxy groups -OCH3 is 1. The smallest absolute Gasteiger partial charge is 0.404 e. The lowest BCUT2D eigenvalue weighted by atomic mass is 9.80. The highest BCUT2D eigenvalue weighted by Gasteiger charge is 2.42. The Hall–Kier alpha value is -3.24. The van der Waals surface area contributed by atoms with Crippen LogP contribution >= 0.6 is 0 Å². The second-order valence-electron chi connectivity index (χ2n) is 10.2. The summed E-state index contributed by atoms with van der Waals surface area (Å²) in [6.45, 7) is 2.05. The molecule has 5 rings (SSSR count). The van der Waals surface area contributed by atoms with Crippen molar-refractivity contribution in [2.24, 2.45) is 11.8 Å². The highest BCUT2D eigenvalue weighted by molar-refractivity contribution is 7.89. The number of hydrazine groups is 1. The number of sulfonamides is 1. The molecule has 0 amide bonds. The molecule has 2 aromatic rings. The minimum Gasteiger partial charge on any atom is -0.496 e. The fourth-order valence-electron chi connectivity index (χ4n) is 5.94. The normalized spacial score (nSPS) is 20.9. The summed E-state index contributed by atoms with van der Waals surface area (Å²) in [7, 11) is -3.07. The molecule has 2 aromatic carbocycles. The number of nitrogens with one attached hydrogen (secondary N) is 1. The van der Waals surface area contributed by atoms with Crippen LogP contribution in [-0.2, 0) is 16.4 Å². The average molecular weight is 560 g/mol. The molecule has 1 aliphatic heterocycles. The predicted molar refractivity (Wildman–Crippen MR) is 145 cm³/mol. The summed E-state index contributed by atoms with van der Waals surface area (Å²) in [6.07, 6.45) is 0.972. The summed E-state index contributed by atoms with van der Waals surface area (Å²) in [5.74, 6) is -1.44. The number of alkyl halides is 3. The number of ether oxygens (including phenoxy) is 1. The molecule has 6 nitrogen and oxygen atoms in total. The van der Waals surface area contributed by atoms with Gasteiger partial charge in [0.1, 0.15) is 5.75 Å². The van der Waals surface area contributed by atoms with Gasteiger partial charge >= 0.3 is 6.18 Å². The monoisotopic (exact) mass is 559 g/mol. The van der Waals surface area contributed by atoms with Gasteiger partial charge in [-0.3, -0.25) is 5.01 Å². The van der Waals surface area contributed by atoms with Crippen LogP contribution in [0.15, 0.2) is 89.3 Å². The van der Waals surface area contributed by atoms with Gasteiger partial charge in [-0.1, -0.05) is 48.9 Å². The van der Waals surface area contributed by atoms with Crippen LogP contribution in [0.3, 0.4) is 0 Å². The van der Waals surface area contributed by atoms with Crippen LogP contribution < -0.4 is 15.2 Å². The Morgan fingerprint density at radius 1 is 1.10 bits per heavy atom. The number of rotatable bonds is 9. The van der Waals surface area contributed by atoms with Crippen LogP contribution in [0.5, 0.6) is 5.75 Å². The van der Waals surface area contributed by atoms with Gasteiger partial charge < -0.3 is 10.2 Å². The molecule has 39 heavy (non-hydrogen) atoms. The van der Waals surface area contributed by atoms with Crippen molar-refractivity contribution < 1.29 is 26.3 Å². The number of anilines is 1. The molecule has 0 fully saturated rings. The number of hydrogen-bond donors (Lipinski definition) is 1. The Labute approximate surface area is 227 Å². The Balaban J connectivity index is 1.41. The molecule has 10 heteroatoms. The topological polar surface area (TPSA) is 61.9 Å². The van der Waals surface area contributed by atoms with E-state index < -0.39 is 22.0 Å². The highest BCUT2D eigenvalue weighted by atomic mass is 32.2. The highest BCUT2D eigenvalue weighted by Crippen LogP contribution is 2.48. The van der Waals surface area contributed by atoms with Crippen molar-refractivity contribution in [1.82, 2.24) is 9.73 Å². The van der Waals surface area contributed by atoms with Gasteiger partial charge in [0, 0.05) is 30.8 Å². The minimum atomic E-state index is -4.82. The number of benzene rings is 2. The summed E-state index contributed by atoms with van der Waals surface area (Å²) in [4.78, 5) is 0. The molecule has 0 aromatic heterocycles. The first-order valence-electron chi connectivity index (χ1n) is 13.0. The van der Waals surface area contributed by atoms with Gasteiger partial charge in [-0.2, -0.15) is 13.2 Å². The standard InChI is InChI=1S/C29H32F3N3O3S/c1-20-25-17-33-35(24-9-4-3-5-10-24)26(25)16-22-12-13-23(28(20)22)18-34(39(36,37)19-29(30,31)32)15-14-21-8-6-7-11-27(21)38-2/h3-11,16-17,20,23,33H,12-15,18-19H2,1-2H3/t20-,23+/m0/s1. The van der Waals surface area contributed by atoms with Crippen molar-refractivity contribution in [3.63, 3.8) is 0 Å². The van der Waals surface area contributed by atoms with Gasteiger partial charge in [0.25, 0.3) is 0 Å². The van der Waals surface area contributed by atoms with E-state index in [-0.39, 0.29) is 31.3 Å². The number of fused-ring (bicyclic) bond motifs is 1. The summed E-state index contributed by atoms with van der Waals surface area (Å²) in [5.41, 5.74) is 9.47. The quantitative estimate of drug-likeness (QED) is 0.435. The first kappa shape index (κ1) is 27.3. The van der Waals surface area contributed by atoms with E-state index in [0.717, 1.165) is 44.4 Å². The molecular weight excluding hydrogens is 527 g/mol. The minimum absolute atomic E-state index is 0.00935. The second kappa shape index (κ2) is 10.7. The van der Waals surface area contributed by atoms with Gasteiger partial charge in [-0.05, 0) is 60.6 Å². The molecule has 0 saturated heterocycles. The third-order valence-electron chi connectivity index (χ3n) is 7.70. The Morgan fingerprint density at radius 3 is 2.54 bits per heavy atom. The molecule has 0 spiro atoms. The third-order valence-corrected chi connectivity index (χ3v) is 9.51. The first-order chi connectivity index (χ1) is 18.6. The number of para-hydroxylation sites is 2. The van der Waals surface area contributed by atoms with Gasteiger partial charge in [0.05, 0.1) is 18.5 Å². The molecular formula is C29H32F3N3O3S. The summed E-state index contributed by atoms with van der Waals surface area (Å²) >= 11 is 0. The van der Waals surface area contributed by atoms with Crippen LogP contribution in [-0.4, -0.2) is 44.9 Å². The molecule has 2 atom stereocenters. The molecule has 0 unspecified atom stereocenters. The van der Waals surface area contributed by atoms with Crippen LogP contribution in [0, 0.1) is 11.8 Å². The fourth-order valence-corrected chi connectivity index (χ4v) is 7.31. The van der Waals surface area contributed by atoms with Crippen molar-refractivity contribution in [2.45, 2.75) is 32.4 Å². The second-order valence-corrected chi connectivity index (χ2v) is 12.1. The lowest BCUT2D eigenvalue weighted by Gasteiger charge is -2.32. The van der Waals surface area contributed by atoms with Crippen molar-refractivity contribution in [3.05, 3.63) is 94.9 Å². The number of halogens is 3. The molecule has 0 radical (unpaired) electrons. The zero-order valence-corrected chi connectivity index (χ0v) is 22.7. The van der Waals surface area contributed by atoms with Crippen molar-refractivity contribution >= 4 is 15.7 Å². The average Bonchev–Trinajstić information content (AvgIpc) is 3.50. The van der Waals surface area contributed by atoms with E-state index >= 15 is 0 Å². The molecule has 0 bridgehead atoms. The van der Waals surface area contributed by atoms with E-state index in [1.54, 1.807) is 24.3 Å². The van der Waals surface area contributed by atoms with E-state index in [0.29, 0.717) is 12.2 Å². The number of hydrogen-bond acceptors (Lipinski definition) is 5. The van der Waals surface area contributed by atoms with Crippen molar-refractivity contribution in [3.8, 4) is 5.75 Å². The summed E-state index contributed by atoms with van der Waals surface area (Å²) in [5, 5.41) is 2.02. The van der Waals surface area contributed by atoms with E-state index in [1.165, 1.54) is 7.11 Å². The van der Waals surface area contributed by atoms with Gasteiger partial charge in [0.15, 0.2) is 5.75 Å². The van der Waals surface area contributed by atoms with Crippen LogP contribution in [0.4, 0.5) is 18.9 Å². The number of nitrogens with zero attached hydrogens (tertiary/aromatic N) is 2. The fraction of sp³-hybridized carbons (Fsp3) is 0.379. The molecule has 2 aliphatic carbocycles. The molecule has 208 valence electrons. The van der Waals surface area contributed by atoms with Gasteiger partial charge in [-0.25, -0.2) is 12.7 Å². The van der Waals surface area contributed by atoms with E-state index in [1.807, 2.05) is 41.5 Å². The van der Waals surface area contributed by atoms with Crippen LogP contribution in [0.25, 0.3) is 0 Å². The van der Waals surface area contributed by atoms with Crippen molar-refractivity contribution in [1.29, 1.82) is 0 Å². The molecule has 0 saturated carbocycles. The molecule has 1 N–H and O–H groups in total. The Bertz CT molecular complexity index is 1420. The molecule has 1 heterocycles. The SMILES string of the molecule is COc1ccccc1CCN(C[C@H]1CCC2=C1[C@@H](C)C1=CNN(c3ccccc3)C1=C2)S(=O)(=O)CC(F)(F)F. The maximum Gasteiger partial charge on any atom is 0.404 e. The van der Waals surface area contributed by atoms with Crippen LogP contribution in [0.1, 0.15) is 25.3 Å². The summed E-state index contributed by atoms with van der Waals surface area (Å²) in [6, 6.07) is 17.1. The summed E-state index contributed by atoms with van der Waals surface area (Å²) < 4.78 is 72.4. The predicted octanol–water partition coefficient (Wildman–Crippen LogP) is 5.58. The van der Waals surface area contributed by atoms with E-state index in [2.05, 4.69) is 18.4 Å². The third kappa shape index (κ3) is 5.72. The zero-order valence-electron chi connectivity index (χ0n) is 21.9. The van der Waals surface area contributed by atoms with Crippen molar-refractivity contribution in [2.75, 3.05) is 31.0 Å². The maximum absolute atomic E-state index is 13.3. The largest absolute Gasteiger partial charge is 0.496 e. The van der Waals surface area contributed by atoms with Gasteiger partial charge in [0.2, 0.25) is 10.0 Å². The first-order valence-corrected chi connectivity index (χ1v) is 14.6. The lowest BCUT2D eigenvalue weighted by Crippen LogP contribution is -2.42. The number of allylic oxidation sites excluding steroid dienone is 3. The zero-order chi connectivity index (χ0) is 27.8.